The molecule has 1 aliphatic heterocycles. The van der Waals surface area contributed by atoms with Gasteiger partial charge in [-0.15, -0.1) is 0 Å². The average molecular weight is 741 g/mol. The van der Waals surface area contributed by atoms with Crippen molar-refractivity contribution in [3.63, 3.8) is 0 Å². The lowest BCUT2D eigenvalue weighted by Gasteiger charge is -2.39. The Balaban J connectivity index is 1.13. The van der Waals surface area contributed by atoms with Crippen LogP contribution in [0.4, 0.5) is 0 Å². The number of benzene rings is 8. The summed E-state index contributed by atoms with van der Waals surface area (Å²) in [6, 6.07) is 63.9. The minimum absolute atomic E-state index is 0.615. The standard InChI is InChI=1S/C53H32N4O/c1-2-14-34(15-3-1)50-55-51(57-52(56-50)40-20-12-17-33-13-4-6-18-38(33)40)36-26-28-45-42(30-36)41-29-35(43-32-54-31-37-16-5-7-19-39(37)43)25-27-44(41)53(45)46-21-8-10-23-48(46)58-49-24-11-9-22-47(49)53/h1-32H. The smallest absolute Gasteiger partial charge is 0.164 e. The van der Waals surface area contributed by atoms with E-state index in [-0.39, 0.29) is 0 Å². The van der Waals surface area contributed by atoms with Crippen molar-refractivity contribution in [2.24, 2.45) is 0 Å². The highest BCUT2D eigenvalue weighted by atomic mass is 16.5. The van der Waals surface area contributed by atoms with E-state index >= 15 is 0 Å². The van der Waals surface area contributed by atoms with Crippen molar-refractivity contribution >= 4 is 21.5 Å². The lowest BCUT2D eigenvalue weighted by Crippen LogP contribution is -2.32. The normalized spacial score (nSPS) is 13.1. The Bertz CT molecular complexity index is 3230. The molecule has 2 aromatic heterocycles. The summed E-state index contributed by atoms with van der Waals surface area (Å²) >= 11 is 0. The van der Waals surface area contributed by atoms with Gasteiger partial charge in [0.2, 0.25) is 0 Å². The molecule has 0 amide bonds. The molecule has 0 fully saturated rings. The number of aromatic nitrogens is 4. The van der Waals surface area contributed by atoms with Crippen LogP contribution in [0.2, 0.25) is 0 Å². The van der Waals surface area contributed by atoms with Crippen molar-refractivity contribution in [3.8, 4) is 67.9 Å². The molecule has 0 N–H and O–H groups in total. The third-order valence-electron chi connectivity index (χ3n) is 11.9. The number of fused-ring (bicyclic) bond motifs is 11. The number of rotatable bonds is 4. The fourth-order valence-corrected chi connectivity index (χ4v) is 9.32. The lowest BCUT2D eigenvalue weighted by atomic mass is 9.66. The third kappa shape index (κ3) is 4.77. The van der Waals surface area contributed by atoms with E-state index in [0.717, 1.165) is 77.7 Å². The Labute approximate surface area is 335 Å². The van der Waals surface area contributed by atoms with Gasteiger partial charge in [0.05, 0.1) is 5.41 Å². The number of para-hydroxylation sites is 2. The summed E-state index contributed by atoms with van der Waals surface area (Å²) < 4.78 is 6.63. The molecule has 5 nitrogen and oxygen atoms in total. The number of pyridine rings is 1. The van der Waals surface area contributed by atoms with Crippen molar-refractivity contribution in [3.05, 3.63) is 217 Å². The summed E-state index contributed by atoms with van der Waals surface area (Å²) in [6.07, 6.45) is 3.92. The summed E-state index contributed by atoms with van der Waals surface area (Å²) in [6.45, 7) is 0. The number of hydrogen-bond donors (Lipinski definition) is 0. The van der Waals surface area contributed by atoms with E-state index in [4.69, 9.17) is 19.7 Å². The van der Waals surface area contributed by atoms with E-state index in [1.54, 1.807) is 0 Å². The Morgan fingerprint density at radius 1 is 0.345 bits per heavy atom. The molecule has 1 spiro atoms. The fourth-order valence-electron chi connectivity index (χ4n) is 9.32. The molecule has 8 aromatic carbocycles. The SMILES string of the molecule is c1ccc(-c2nc(-c3ccc4c(c3)-c3cc(-c5cncc6ccccc56)ccc3C43c4ccccc4Oc4ccccc43)nc(-c3cccc4ccccc34)n2)cc1. The third-order valence-corrected chi connectivity index (χ3v) is 11.9. The summed E-state index contributed by atoms with van der Waals surface area (Å²) in [7, 11) is 0. The summed E-state index contributed by atoms with van der Waals surface area (Å²) in [4.78, 5) is 20.2. The highest BCUT2D eigenvalue weighted by Gasteiger charge is 2.51. The van der Waals surface area contributed by atoms with Gasteiger partial charge >= 0.3 is 0 Å². The van der Waals surface area contributed by atoms with Crippen LogP contribution in [-0.4, -0.2) is 19.9 Å². The first-order valence-corrected chi connectivity index (χ1v) is 19.5. The van der Waals surface area contributed by atoms with Crippen molar-refractivity contribution in [2.75, 3.05) is 0 Å². The zero-order valence-electron chi connectivity index (χ0n) is 31.2. The Hall–Kier alpha value is -7.76. The first kappa shape index (κ1) is 32.5. The van der Waals surface area contributed by atoms with Crippen LogP contribution in [0, 0.1) is 0 Å². The molecule has 1 aliphatic carbocycles. The van der Waals surface area contributed by atoms with Gasteiger partial charge < -0.3 is 4.74 Å². The van der Waals surface area contributed by atoms with E-state index in [2.05, 4.69) is 169 Å². The predicted molar refractivity (Wildman–Crippen MR) is 232 cm³/mol. The van der Waals surface area contributed by atoms with Crippen LogP contribution < -0.4 is 4.74 Å². The van der Waals surface area contributed by atoms with Gasteiger partial charge in [-0.2, -0.15) is 0 Å². The molecule has 270 valence electrons. The topological polar surface area (TPSA) is 60.8 Å². The molecular weight excluding hydrogens is 709 g/mol. The second-order valence-electron chi connectivity index (χ2n) is 15.0. The Morgan fingerprint density at radius 2 is 0.897 bits per heavy atom. The molecule has 12 rings (SSSR count). The molecule has 58 heavy (non-hydrogen) atoms. The van der Waals surface area contributed by atoms with Crippen molar-refractivity contribution in [2.45, 2.75) is 5.41 Å². The quantitative estimate of drug-likeness (QED) is 0.180. The molecule has 0 unspecified atom stereocenters. The van der Waals surface area contributed by atoms with Crippen LogP contribution in [0.3, 0.4) is 0 Å². The zero-order valence-corrected chi connectivity index (χ0v) is 31.2. The first-order chi connectivity index (χ1) is 28.7. The molecular formula is C53H32N4O. The number of nitrogens with zero attached hydrogens (tertiary/aromatic N) is 4. The predicted octanol–water partition coefficient (Wildman–Crippen LogP) is 12.7. The van der Waals surface area contributed by atoms with Crippen LogP contribution in [-0.2, 0) is 5.41 Å². The minimum atomic E-state index is -0.618. The average Bonchev–Trinajstić information content (AvgIpc) is 3.58. The summed E-state index contributed by atoms with van der Waals surface area (Å²) in [5, 5.41) is 4.51. The monoisotopic (exact) mass is 740 g/mol. The second kappa shape index (κ2) is 12.6. The Morgan fingerprint density at radius 3 is 1.64 bits per heavy atom. The largest absolute Gasteiger partial charge is 0.457 e. The van der Waals surface area contributed by atoms with Crippen LogP contribution >= 0.6 is 0 Å². The van der Waals surface area contributed by atoms with Gasteiger partial charge in [-0.3, -0.25) is 4.98 Å². The molecule has 2 aliphatic rings. The molecule has 5 heteroatoms. The maximum absolute atomic E-state index is 6.63. The molecule has 10 aromatic rings. The van der Waals surface area contributed by atoms with Gasteiger partial charge in [0.25, 0.3) is 0 Å². The minimum Gasteiger partial charge on any atom is -0.457 e. The molecule has 0 radical (unpaired) electrons. The van der Waals surface area contributed by atoms with Crippen LogP contribution in [0.15, 0.2) is 194 Å². The van der Waals surface area contributed by atoms with Crippen LogP contribution in [0.1, 0.15) is 22.3 Å². The number of hydrogen-bond acceptors (Lipinski definition) is 5. The molecule has 3 heterocycles. The van der Waals surface area contributed by atoms with Gasteiger partial charge in [0, 0.05) is 51.2 Å². The maximum Gasteiger partial charge on any atom is 0.164 e. The molecule has 0 atom stereocenters. The summed E-state index contributed by atoms with van der Waals surface area (Å²) in [5.74, 6) is 3.59. The van der Waals surface area contributed by atoms with Crippen LogP contribution in [0.5, 0.6) is 11.5 Å². The van der Waals surface area contributed by atoms with Gasteiger partial charge in [0.15, 0.2) is 17.5 Å². The van der Waals surface area contributed by atoms with E-state index in [1.807, 2.05) is 30.6 Å². The van der Waals surface area contributed by atoms with E-state index in [1.165, 1.54) is 16.5 Å². The van der Waals surface area contributed by atoms with Gasteiger partial charge in [0.1, 0.15) is 11.5 Å². The lowest BCUT2D eigenvalue weighted by molar-refractivity contribution is 0.436. The Kier molecular flexibility index (Phi) is 7.07. The zero-order chi connectivity index (χ0) is 38.2. The van der Waals surface area contributed by atoms with Gasteiger partial charge in [-0.05, 0) is 68.2 Å². The molecule has 0 bridgehead atoms. The first-order valence-electron chi connectivity index (χ1n) is 19.5. The second-order valence-corrected chi connectivity index (χ2v) is 15.0. The molecule has 0 saturated carbocycles. The van der Waals surface area contributed by atoms with E-state index < -0.39 is 5.41 Å². The van der Waals surface area contributed by atoms with E-state index in [9.17, 15) is 0 Å². The summed E-state index contributed by atoms with van der Waals surface area (Å²) in [5.41, 5.74) is 11.3. The van der Waals surface area contributed by atoms with Crippen molar-refractivity contribution in [1.29, 1.82) is 0 Å². The van der Waals surface area contributed by atoms with E-state index in [0.29, 0.717) is 17.5 Å². The van der Waals surface area contributed by atoms with Crippen molar-refractivity contribution < 1.29 is 4.74 Å². The molecule has 0 saturated heterocycles. The highest BCUT2D eigenvalue weighted by molar-refractivity contribution is 5.99. The van der Waals surface area contributed by atoms with Gasteiger partial charge in [-0.25, -0.2) is 15.0 Å². The highest BCUT2D eigenvalue weighted by Crippen LogP contribution is 2.62. The maximum atomic E-state index is 6.63. The van der Waals surface area contributed by atoms with Crippen LogP contribution in [0.25, 0.3) is 78.0 Å². The van der Waals surface area contributed by atoms with Crippen molar-refractivity contribution in [1.82, 2.24) is 19.9 Å². The number of ether oxygens (including phenoxy) is 1. The fraction of sp³-hybridized carbons (Fsp3) is 0.0189. The van der Waals surface area contributed by atoms with Gasteiger partial charge in [-0.1, -0.05) is 158 Å².